The molecule has 4 nitrogen and oxygen atoms in total. The predicted octanol–water partition coefficient (Wildman–Crippen LogP) is 2.51. The molecule has 116 valence electrons. The van der Waals surface area contributed by atoms with E-state index in [1.54, 1.807) is 0 Å². The van der Waals surface area contributed by atoms with E-state index in [4.69, 9.17) is 4.74 Å². The first-order valence-electron chi connectivity index (χ1n) is 7.80. The van der Waals surface area contributed by atoms with Crippen LogP contribution in [-0.4, -0.2) is 48.2 Å². The van der Waals surface area contributed by atoms with Gasteiger partial charge in [-0.3, -0.25) is 4.79 Å². The normalized spacial score (nSPS) is 25.6. The predicted molar refractivity (Wildman–Crippen MR) is 84.8 cm³/mol. The number of ether oxygens (including phenoxy) is 1. The zero-order chi connectivity index (χ0) is 14.9. The molecule has 3 rings (SSSR count). The molecule has 0 aliphatic carbocycles. The highest BCUT2D eigenvalue weighted by Gasteiger charge is 2.43. The lowest BCUT2D eigenvalue weighted by atomic mass is 9.87. The molecule has 0 saturated carbocycles. The number of nitrogens with one attached hydrogen (secondary N) is 1. The fraction of sp³-hybridized carbons (Fsp3) is 0.688. The van der Waals surface area contributed by atoms with Crippen molar-refractivity contribution >= 4 is 17.2 Å². The van der Waals surface area contributed by atoms with Gasteiger partial charge in [0.05, 0.1) is 23.1 Å². The Hall–Kier alpha value is -0.910. The molecule has 2 saturated heterocycles. The number of piperidine rings is 1. The zero-order valence-electron chi connectivity index (χ0n) is 12.8. The average Bonchev–Trinajstić information content (AvgIpc) is 3.10. The summed E-state index contributed by atoms with van der Waals surface area (Å²) in [5, 5.41) is 5.05. The first-order valence-corrected chi connectivity index (χ1v) is 8.68. The van der Waals surface area contributed by atoms with Crippen LogP contribution >= 0.6 is 11.3 Å². The van der Waals surface area contributed by atoms with Crippen molar-refractivity contribution in [1.82, 2.24) is 10.2 Å². The molecular weight excluding hydrogens is 284 g/mol. The monoisotopic (exact) mass is 308 g/mol. The van der Waals surface area contributed by atoms with Crippen molar-refractivity contribution in [3.63, 3.8) is 0 Å². The Bertz CT molecular complexity index is 478. The Morgan fingerprint density at radius 1 is 1.48 bits per heavy atom. The maximum absolute atomic E-state index is 12.1. The molecule has 0 aromatic carbocycles. The lowest BCUT2D eigenvalue weighted by Crippen LogP contribution is -2.47. The number of amides is 1. The van der Waals surface area contributed by atoms with Gasteiger partial charge >= 0.3 is 0 Å². The number of thiophene rings is 1. The quantitative estimate of drug-likeness (QED) is 0.933. The fourth-order valence-corrected chi connectivity index (χ4v) is 4.02. The molecule has 21 heavy (non-hydrogen) atoms. The molecule has 1 atom stereocenters. The van der Waals surface area contributed by atoms with Gasteiger partial charge in [0, 0.05) is 19.1 Å². The second-order valence-corrected chi connectivity index (χ2v) is 7.42. The average molecular weight is 308 g/mol. The van der Waals surface area contributed by atoms with Crippen LogP contribution in [-0.2, 0) is 4.74 Å². The van der Waals surface area contributed by atoms with Crippen LogP contribution in [0.2, 0.25) is 0 Å². The van der Waals surface area contributed by atoms with Gasteiger partial charge in [-0.05, 0) is 44.6 Å². The second-order valence-electron chi connectivity index (χ2n) is 6.48. The van der Waals surface area contributed by atoms with Crippen LogP contribution in [0.1, 0.15) is 42.8 Å². The molecule has 2 aliphatic heterocycles. The third-order valence-electron chi connectivity index (χ3n) is 4.73. The number of likely N-dealkylation sites (tertiary alicyclic amines) is 1. The van der Waals surface area contributed by atoms with E-state index < -0.39 is 0 Å². The molecule has 3 heterocycles. The summed E-state index contributed by atoms with van der Waals surface area (Å²) in [4.78, 5) is 15.4. The Balaban J connectivity index is 1.53. The summed E-state index contributed by atoms with van der Waals surface area (Å²) in [7, 11) is 0. The van der Waals surface area contributed by atoms with Gasteiger partial charge in [0.25, 0.3) is 5.91 Å². The molecule has 1 aromatic heterocycles. The molecule has 0 bridgehead atoms. The maximum Gasteiger partial charge on any atom is 0.261 e. The van der Waals surface area contributed by atoms with Crippen LogP contribution < -0.4 is 5.32 Å². The number of carbonyl (C=O) groups excluding carboxylic acids is 1. The van der Waals surface area contributed by atoms with Gasteiger partial charge < -0.3 is 15.0 Å². The van der Waals surface area contributed by atoms with Gasteiger partial charge in [0.1, 0.15) is 0 Å². The second kappa shape index (κ2) is 6.07. The number of nitrogens with zero attached hydrogens (tertiary/aromatic N) is 1. The minimum atomic E-state index is -0.00120. The molecule has 1 amide bonds. The fourth-order valence-electron chi connectivity index (χ4n) is 3.40. The van der Waals surface area contributed by atoms with Crippen molar-refractivity contribution in [2.45, 2.75) is 50.8 Å². The highest BCUT2D eigenvalue weighted by Crippen LogP contribution is 2.36. The van der Waals surface area contributed by atoms with E-state index in [0.717, 1.165) is 37.2 Å². The van der Waals surface area contributed by atoms with Crippen LogP contribution in [0.3, 0.4) is 0 Å². The van der Waals surface area contributed by atoms with Gasteiger partial charge in [-0.15, -0.1) is 11.3 Å². The van der Waals surface area contributed by atoms with E-state index in [1.807, 2.05) is 17.5 Å². The molecule has 1 unspecified atom stereocenters. The van der Waals surface area contributed by atoms with Crippen LogP contribution in [0.15, 0.2) is 17.5 Å². The van der Waals surface area contributed by atoms with Gasteiger partial charge in [0.2, 0.25) is 0 Å². The van der Waals surface area contributed by atoms with Gasteiger partial charge in [-0.1, -0.05) is 6.07 Å². The zero-order valence-corrected chi connectivity index (χ0v) is 13.6. The van der Waals surface area contributed by atoms with Crippen LogP contribution in [0.25, 0.3) is 0 Å². The molecule has 2 aliphatic rings. The number of hydrogen-bond donors (Lipinski definition) is 1. The number of rotatable bonds is 3. The first-order chi connectivity index (χ1) is 10.1. The summed E-state index contributed by atoms with van der Waals surface area (Å²) in [6, 6.07) is 4.55. The van der Waals surface area contributed by atoms with E-state index in [-0.39, 0.29) is 17.6 Å². The van der Waals surface area contributed by atoms with E-state index >= 15 is 0 Å². The minimum absolute atomic E-state index is 0.00120. The third-order valence-corrected chi connectivity index (χ3v) is 5.60. The lowest BCUT2D eigenvalue weighted by Gasteiger charge is -2.40. The van der Waals surface area contributed by atoms with Gasteiger partial charge in [-0.25, -0.2) is 0 Å². The van der Waals surface area contributed by atoms with Crippen molar-refractivity contribution in [1.29, 1.82) is 0 Å². The molecular formula is C16H24N2O2S. The van der Waals surface area contributed by atoms with Gasteiger partial charge in [0.15, 0.2) is 0 Å². The Kier molecular flexibility index (Phi) is 4.33. The Labute approximate surface area is 130 Å². The molecule has 1 aromatic rings. The van der Waals surface area contributed by atoms with E-state index in [1.165, 1.54) is 11.3 Å². The topological polar surface area (TPSA) is 41.6 Å². The minimum Gasteiger partial charge on any atom is -0.373 e. The van der Waals surface area contributed by atoms with Crippen LogP contribution in [0, 0.1) is 0 Å². The van der Waals surface area contributed by atoms with Crippen molar-refractivity contribution in [2.24, 2.45) is 0 Å². The molecule has 2 fully saturated rings. The summed E-state index contributed by atoms with van der Waals surface area (Å²) in [6.45, 7) is 7.35. The van der Waals surface area contributed by atoms with Crippen LogP contribution in [0.4, 0.5) is 0 Å². The largest absolute Gasteiger partial charge is 0.373 e. The SMILES string of the molecule is CC(C)N1CCC2(CC1)CC(NC(=O)c1cccs1)CO2. The van der Waals surface area contributed by atoms with Crippen molar-refractivity contribution in [2.75, 3.05) is 19.7 Å². The first kappa shape index (κ1) is 15.0. The summed E-state index contributed by atoms with van der Waals surface area (Å²) < 4.78 is 6.10. The Morgan fingerprint density at radius 2 is 2.24 bits per heavy atom. The lowest BCUT2D eigenvalue weighted by molar-refractivity contribution is -0.0484. The smallest absolute Gasteiger partial charge is 0.261 e. The molecule has 5 heteroatoms. The highest BCUT2D eigenvalue weighted by atomic mass is 32.1. The van der Waals surface area contributed by atoms with Crippen molar-refractivity contribution in [3.05, 3.63) is 22.4 Å². The Morgan fingerprint density at radius 3 is 2.86 bits per heavy atom. The van der Waals surface area contributed by atoms with E-state index in [0.29, 0.717) is 12.6 Å². The van der Waals surface area contributed by atoms with E-state index in [2.05, 4.69) is 24.1 Å². The van der Waals surface area contributed by atoms with Crippen molar-refractivity contribution < 1.29 is 9.53 Å². The molecule has 0 radical (unpaired) electrons. The van der Waals surface area contributed by atoms with Gasteiger partial charge in [-0.2, -0.15) is 0 Å². The standard InChI is InChI=1S/C16H24N2O2S/c1-12(2)18-7-5-16(6-8-18)10-13(11-20-16)17-15(19)14-4-3-9-21-14/h3-4,9,12-13H,5-8,10-11H2,1-2H3,(H,17,19). The van der Waals surface area contributed by atoms with Crippen LogP contribution in [0.5, 0.6) is 0 Å². The van der Waals surface area contributed by atoms with E-state index in [9.17, 15) is 4.79 Å². The number of hydrogen-bond acceptors (Lipinski definition) is 4. The third kappa shape index (κ3) is 3.30. The molecule has 1 N–H and O–H groups in total. The number of carbonyl (C=O) groups is 1. The summed E-state index contributed by atoms with van der Waals surface area (Å²) in [5.41, 5.74) is -0.00120. The van der Waals surface area contributed by atoms with Crippen molar-refractivity contribution in [3.8, 4) is 0 Å². The summed E-state index contributed by atoms with van der Waals surface area (Å²) in [5.74, 6) is 0.0373. The molecule has 1 spiro atoms. The maximum atomic E-state index is 12.1. The summed E-state index contributed by atoms with van der Waals surface area (Å²) in [6.07, 6.45) is 3.11. The highest BCUT2D eigenvalue weighted by molar-refractivity contribution is 7.12. The summed E-state index contributed by atoms with van der Waals surface area (Å²) >= 11 is 1.49.